The van der Waals surface area contributed by atoms with Crippen LogP contribution in [0.4, 0.5) is 0 Å². The lowest BCUT2D eigenvalue weighted by molar-refractivity contribution is -0.131. The minimum Gasteiger partial charge on any atom is -0.341 e. The number of likely N-dealkylation sites (tertiary alicyclic amines) is 1. The number of amides is 1. The van der Waals surface area contributed by atoms with Gasteiger partial charge in [0.15, 0.2) is 0 Å². The van der Waals surface area contributed by atoms with E-state index in [1.807, 2.05) is 11.2 Å². The molecule has 0 aromatic heterocycles. The topological polar surface area (TPSA) is 46.3 Å². The average Bonchev–Trinajstić information content (AvgIpc) is 2.10. The van der Waals surface area contributed by atoms with Crippen molar-refractivity contribution in [3.05, 3.63) is 0 Å². The molecule has 4 heteroatoms. The smallest absolute Gasteiger partial charge is 0.232 e. The van der Waals surface area contributed by atoms with Crippen LogP contribution in [0, 0.1) is 5.41 Å². The van der Waals surface area contributed by atoms with Crippen molar-refractivity contribution >= 4 is 17.7 Å². The lowest BCUT2D eigenvalue weighted by Crippen LogP contribution is -2.54. The Bertz CT molecular complexity index is 218. The van der Waals surface area contributed by atoms with E-state index in [1.165, 1.54) is 0 Å². The van der Waals surface area contributed by atoms with Gasteiger partial charge in [-0.2, -0.15) is 11.8 Å². The summed E-state index contributed by atoms with van der Waals surface area (Å²) in [5.41, 5.74) is 6.07. The fourth-order valence-electron chi connectivity index (χ4n) is 1.80. The molecule has 0 saturated carbocycles. The summed E-state index contributed by atoms with van der Waals surface area (Å²) < 4.78 is 0. The molecular formula is C10H20N2OS. The first-order valence-electron chi connectivity index (χ1n) is 4.99. The van der Waals surface area contributed by atoms with Gasteiger partial charge in [0.1, 0.15) is 0 Å². The van der Waals surface area contributed by atoms with Crippen LogP contribution in [-0.2, 0) is 4.79 Å². The second-order valence-electron chi connectivity index (χ2n) is 4.63. The van der Waals surface area contributed by atoms with E-state index in [0.29, 0.717) is 5.75 Å². The summed E-state index contributed by atoms with van der Waals surface area (Å²) in [6, 6.07) is 0.223. The summed E-state index contributed by atoms with van der Waals surface area (Å²) in [7, 11) is 0. The maximum absolute atomic E-state index is 11.7. The first-order chi connectivity index (χ1) is 6.47. The Morgan fingerprint density at radius 1 is 1.64 bits per heavy atom. The molecule has 1 amide bonds. The monoisotopic (exact) mass is 216 g/mol. The number of nitrogens with zero attached hydrogens (tertiary/aromatic N) is 1. The summed E-state index contributed by atoms with van der Waals surface area (Å²) in [6.07, 6.45) is 2.88. The van der Waals surface area contributed by atoms with Gasteiger partial charge in [-0.25, -0.2) is 0 Å². The highest BCUT2D eigenvalue weighted by Gasteiger charge is 2.34. The number of hydrogen-bond donors (Lipinski definition) is 1. The third kappa shape index (κ3) is 2.64. The van der Waals surface area contributed by atoms with Gasteiger partial charge in [-0.3, -0.25) is 4.79 Å². The summed E-state index contributed by atoms with van der Waals surface area (Å²) in [6.45, 7) is 5.89. The zero-order valence-electron chi connectivity index (χ0n) is 9.25. The molecule has 3 nitrogen and oxygen atoms in total. The molecule has 1 aliphatic heterocycles. The minimum absolute atomic E-state index is 0.0618. The van der Waals surface area contributed by atoms with Crippen molar-refractivity contribution in [1.29, 1.82) is 0 Å². The molecule has 1 saturated heterocycles. The van der Waals surface area contributed by atoms with Crippen molar-refractivity contribution in [1.82, 2.24) is 4.90 Å². The van der Waals surface area contributed by atoms with E-state index in [1.54, 1.807) is 11.8 Å². The molecule has 2 N–H and O–H groups in total. The van der Waals surface area contributed by atoms with E-state index in [0.717, 1.165) is 19.5 Å². The summed E-state index contributed by atoms with van der Waals surface area (Å²) in [5.74, 6) is 0.836. The molecule has 0 aliphatic carbocycles. The third-order valence-corrected chi connectivity index (χ3v) is 3.47. The van der Waals surface area contributed by atoms with Gasteiger partial charge < -0.3 is 10.6 Å². The number of rotatable bonds is 2. The number of carbonyl (C=O) groups excluding carboxylic acids is 1. The quantitative estimate of drug-likeness (QED) is 0.747. The van der Waals surface area contributed by atoms with Crippen LogP contribution < -0.4 is 5.73 Å². The molecule has 0 aromatic carbocycles. The second-order valence-corrected chi connectivity index (χ2v) is 5.50. The van der Waals surface area contributed by atoms with Gasteiger partial charge in [0.25, 0.3) is 0 Å². The fourth-order valence-corrected chi connectivity index (χ4v) is 2.23. The average molecular weight is 216 g/mol. The fraction of sp³-hybridized carbons (Fsp3) is 0.900. The van der Waals surface area contributed by atoms with Crippen LogP contribution in [-0.4, -0.2) is 41.9 Å². The van der Waals surface area contributed by atoms with Crippen LogP contribution in [0.3, 0.4) is 0 Å². The molecule has 82 valence electrons. The standard InChI is InChI=1S/C10H20N2OS/c1-10(2)7-12(5-4-8(10)11)9(13)6-14-3/h8H,4-7,11H2,1-3H3. The van der Waals surface area contributed by atoms with Crippen molar-refractivity contribution < 1.29 is 4.79 Å². The Hall–Kier alpha value is -0.220. The predicted molar refractivity (Wildman–Crippen MR) is 61.3 cm³/mol. The zero-order valence-corrected chi connectivity index (χ0v) is 10.1. The number of nitrogens with two attached hydrogens (primary N) is 1. The SMILES string of the molecule is CSCC(=O)N1CCC(N)C(C)(C)C1. The molecule has 1 rings (SSSR count). The highest BCUT2D eigenvalue weighted by atomic mass is 32.2. The van der Waals surface area contributed by atoms with E-state index in [2.05, 4.69) is 13.8 Å². The van der Waals surface area contributed by atoms with Crippen molar-refractivity contribution in [3.63, 3.8) is 0 Å². The van der Waals surface area contributed by atoms with Crippen LogP contribution in [0.15, 0.2) is 0 Å². The Balaban J connectivity index is 2.55. The van der Waals surface area contributed by atoms with E-state index in [-0.39, 0.29) is 17.4 Å². The molecule has 1 heterocycles. The molecule has 1 aliphatic rings. The third-order valence-electron chi connectivity index (χ3n) is 2.93. The Labute approximate surface area is 90.4 Å². The predicted octanol–water partition coefficient (Wildman–Crippen LogP) is 0.935. The van der Waals surface area contributed by atoms with Gasteiger partial charge in [0.05, 0.1) is 5.75 Å². The highest BCUT2D eigenvalue weighted by molar-refractivity contribution is 7.99. The largest absolute Gasteiger partial charge is 0.341 e. The second kappa shape index (κ2) is 4.53. The zero-order chi connectivity index (χ0) is 10.8. The van der Waals surface area contributed by atoms with Crippen molar-refractivity contribution in [2.45, 2.75) is 26.3 Å². The van der Waals surface area contributed by atoms with E-state index >= 15 is 0 Å². The number of hydrogen-bond acceptors (Lipinski definition) is 3. The maximum atomic E-state index is 11.7. The van der Waals surface area contributed by atoms with Crippen LogP contribution in [0.1, 0.15) is 20.3 Å². The normalized spacial score (nSPS) is 26.3. The first kappa shape index (κ1) is 11.9. The van der Waals surface area contributed by atoms with E-state index < -0.39 is 0 Å². The van der Waals surface area contributed by atoms with Crippen LogP contribution in [0.25, 0.3) is 0 Å². The van der Waals surface area contributed by atoms with Crippen molar-refractivity contribution in [3.8, 4) is 0 Å². The molecule has 14 heavy (non-hydrogen) atoms. The number of thioether (sulfide) groups is 1. The summed E-state index contributed by atoms with van der Waals surface area (Å²) >= 11 is 1.58. The highest BCUT2D eigenvalue weighted by Crippen LogP contribution is 2.27. The van der Waals surface area contributed by atoms with Gasteiger partial charge in [0.2, 0.25) is 5.91 Å². The Morgan fingerprint density at radius 3 is 2.79 bits per heavy atom. The molecule has 1 atom stereocenters. The van der Waals surface area contributed by atoms with Crippen molar-refractivity contribution in [2.24, 2.45) is 11.1 Å². The van der Waals surface area contributed by atoms with Gasteiger partial charge in [-0.05, 0) is 18.1 Å². The van der Waals surface area contributed by atoms with Crippen molar-refractivity contribution in [2.75, 3.05) is 25.1 Å². The van der Waals surface area contributed by atoms with E-state index in [9.17, 15) is 4.79 Å². The molecule has 0 bridgehead atoms. The van der Waals surface area contributed by atoms with E-state index in [4.69, 9.17) is 5.73 Å². The molecule has 1 unspecified atom stereocenters. The minimum atomic E-state index is 0.0618. The lowest BCUT2D eigenvalue weighted by Gasteiger charge is -2.42. The molecular weight excluding hydrogens is 196 g/mol. The van der Waals surface area contributed by atoms with Gasteiger partial charge in [0, 0.05) is 19.1 Å². The molecule has 0 radical (unpaired) electrons. The van der Waals surface area contributed by atoms with Crippen LogP contribution >= 0.6 is 11.8 Å². The van der Waals surface area contributed by atoms with Crippen LogP contribution in [0.2, 0.25) is 0 Å². The molecule has 1 fully saturated rings. The van der Waals surface area contributed by atoms with Crippen LogP contribution in [0.5, 0.6) is 0 Å². The molecule has 0 aromatic rings. The van der Waals surface area contributed by atoms with Gasteiger partial charge in [-0.1, -0.05) is 13.8 Å². The maximum Gasteiger partial charge on any atom is 0.232 e. The first-order valence-corrected chi connectivity index (χ1v) is 6.39. The number of piperidine rings is 1. The van der Waals surface area contributed by atoms with Gasteiger partial charge >= 0.3 is 0 Å². The number of carbonyl (C=O) groups is 1. The Morgan fingerprint density at radius 2 is 2.29 bits per heavy atom. The van der Waals surface area contributed by atoms with Gasteiger partial charge in [-0.15, -0.1) is 0 Å². The summed E-state index contributed by atoms with van der Waals surface area (Å²) in [4.78, 5) is 13.6. The summed E-state index contributed by atoms with van der Waals surface area (Å²) in [5, 5.41) is 0. The Kier molecular flexibility index (Phi) is 3.84. The lowest BCUT2D eigenvalue weighted by atomic mass is 9.80. The molecule has 0 spiro atoms.